The van der Waals surface area contributed by atoms with Gasteiger partial charge in [-0.05, 0) is 52.4 Å². The van der Waals surface area contributed by atoms with Gasteiger partial charge in [-0.2, -0.15) is 0 Å². The summed E-state index contributed by atoms with van der Waals surface area (Å²) >= 11 is 0. The Balaban J connectivity index is 1.52. The van der Waals surface area contributed by atoms with E-state index in [0.717, 1.165) is 38.5 Å². The van der Waals surface area contributed by atoms with Crippen molar-refractivity contribution < 1.29 is 33.4 Å². The number of ether oxygens (including phenoxy) is 3. The summed E-state index contributed by atoms with van der Waals surface area (Å²) in [5.41, 5.74) is 0. The molecule has 164 valence electrons. The quantitative estimate of drug-likeness (QED) is 0.403. The van der Waals surface area contributed by atoms with Gasteiger partial charge in [0, 0.05) is 11.8 Å². The highest BCUT2D eigenvalue weighted by molar-refractivity contribution is 5.80. The summed E-state index contributed by atoms with van der Waals surface area (Å²) in [5.74, 6) is -0.687. The highest BCUT2D eigenvalue weighted by Gasteiger charge is 2.31. The Morgan fingerprint density at radius 2 is 1.00 bits per heavy atom. The lowest BCUT2D eigenvalue weighted by atomic mass is 9.80. The minimum atomic E-state index is -0.261. The molecule has 2 saturated carbocycles. The monoisotopic (exact) mass is 410 g/mol. The molecule has 4 unspecified atom stereocenters. The third kappa shape index (κ3) is 7.88. The van der Waals surface area contributed by atoms with Crippen molar-refractivity contribution in [2.75, 3.05) is 26.4 Å². The van der Waals surface area contributed by atoms with Gasteiger partial charge >= 0.3 is 11.9 Å². The molecule has 0 radical (unpaired) electrons. The lowest BCUT2D eigenvalue weighted by Crippen LogP contribution is -2.29. The van der Waals surface area contributed by atoms with Crippen LogP contribution in [-0.2, 0) is 33.4 Å². The van der Waals surface area contributed by atoms with Gasteiger partial charge in [0.25, 0.3) is 0 Å². The minimum absolute atomic E-state index is 0.0258. The third-order valence-electron chi connectivity index (χ3n) is 6.11. The van der Waals surface area contributed by atoms with Gasteiger partial charge < -0.3 is 14.2 Å². The van der Waals surface area contributed by atoms with Crippen LogP contribution in [0.2, 0.25) is 0 Å². The van der Waals surface area contributed by atoms with E-state index in [0.29, 0.717) is 12.8 Å². The van der Waals surface area contributed by atoms with Gasteiger partial charge in [0.1, 0.15) is 24.8 Å². The number of carbonyl (C=O) groups is 4. The summed E-state index contributed by atoms with van der Waals surface area (Å²) in [6.07, 6.45) is 6.16. The van der Waals surface area contributed by atoms with Crippen molar-refractivity contribution in [1.29, 1.82) is 0 Å². The van der Waals surface area contributed by atoms with Crippen LogP contribution in [0, 0.1) is 23.7 Å². The zero-order valence-corrected chi connectivity index (χ0v) is 17.7. The number of ketones is 2. The molecule has 2 fully saturated rings. The lowest BCUT2D eigenvalue weighted by molar-refractivity contribution is -0.153. The Hall–Kier alpha value is -1.76. The molecule has 0 spiro atoms. The predicted octanol–water partition coefficient (Wildman–Crippen LogP) is 2.88. The maximum atomic E-state index is 12.1. The summed E-state index contributed by atoms with van der Waals surface area (Å²) < 4.78 is 15.9. The average molecular weight is 411 g/mol. The fourth-order valence-electron chi connectivity index (χ4n) is 4.29. The molecule has 0 bridgehead atoms. The van der Waals surface area contributed by atoms with Crippen molar-refractivity contribution in [1.82, 2.24) is 0 Å². The van der Waals surface area contributed by atoms with E-state index in [4.69, 9.17) is 14.2 Å². The van der Waals surface area contributed by atoms with Crippen LogP contribution in [0.5, 0.6) is 0 Å². The Morgan fingerprint density at radius 3 is 1.38 bits per heavy atom. The van der Waals surface area contributed by atoms with Crippen LogP contribution >= 0.6 is 0 Å². The second-order valence-electron chi connectivity index (χ2n) is 8.29. The molecule has 0 aromatic rings. The van der Waals surface area contributed by atoms with Crippen LogP contribution < -0.4 is 0 Å². The molecule has 0 aromatic heterocycles. The van der Waals surface area contributed by atoms with Crippen LogP contribution in [-0.4, -0.2) is 49.9 Å². The van der Waals surface area contributed by atoms with E-state index >= 15 is 0 Å². The maximum absolute atomic E-state index is 12.1. The van der Waals surface area contributed by atoms with E-state index in [2.05, 4.69) is 0 Å². The Labute approximate surface area is 172 Å². The lowest BCUT2D eigenvalue weighted by Gasteiger charge is -2.26. The van der Waals surface area contributed by atoms with Gasteiger partial charge in [0.05, 0.1) is 25.0 Å². The van der Waals surface area contributed by atoms with E-state index in [1.54, 1.807) is 13.8 Å². The normalized spacial score (nSPS) is 27.1. The first kappa shape index (κ1) is 23.5. The smallest absolute Gasteiger partial charge is 0.309 e. The fourth-order valence-corrected chi connectivity index (χ4v) is 4.29. The highest BCUT2D eigenvalue weighted by atomic mass is 16.6. The summed E-state index contributed by atoms with van der Waals surface area (Å²) in [6.45, 7) is 3.93. The second kappa shape index (κ2) is 12.1. The molecular formula is C22H34O7. The Bertz CT molecular complexity index is 536. The summed E-state index contributed by atoms with van der Waals surface area (Å²) in [6, 6.07) is 0. The van der Waals surface area contributed by atoms with Crippen LogP contribution in [0.3, 0.4) is 0 Å². The number of hydrogen-bond acceptors (Lipinski definition) is 7. The topological polar surface area (TPSA) is 96.0 Å². The zero-order chi connectivity index (χ0) is 21.2. The van der Waals surface area contributed by atoms with E-state index in [1.165, 1.54) is 0 Å². The number of rotatable bonds is 10. The van der Waals surface area contributed by atoms with Gasteiger partial charge in [-0.25, -0.2) is 0 Å². The molecule has 7 heteroatoms. The molecule has 2 aliphatic carbocycles. The van der Waals surface area contributed by atoms with Gasteiger partial charge in [0.15, 0.2) is 0 Å². The van der Waals surface area contributed by atoms with Crippen LogP contribution in [0.25, 0.3) is 0 Å². The molecule has 0 amide bonds. The molecular weight excluding hydrogens is 376 g/mol. The first-order chi connectivity index (χ1) is 13.9. The van der Waals surface area contributed by atoms with Gasteiger partial charge in [0.2, 0.25) is 0 Å². The first-order valence-electron chi connectivity index (χ1n) is 10.8. The molecule has 29 heavy (non-hydrogen) atoms. The summed E-state index contributed by atoms with van der Waals surface area (Å²) in [5, 5.41) is 0. The highest BCUT2D eigenvalue weighted by Crippen LogP contribution is 2.31. The molecule has 7 nitrogen and oxygen atoms in total. The number of esters is 2. The fraction of sp³-hybridized carbons (Fsp3) is 0.818. The van der Waals surface area contributed by atoms with E-state index < -0.39 is 0 Å². The van der Waals surface area contributed by atoms with Crippen molar-refractivity contribution in [3.63, 3.8) is 0 Å². The number of carbonyl (C=O) groups excluding carboxylic acids is 4. The van der Waals surface area contributed by atoms with Crippen molar-refractivity contribution in [2.45, 2.75) is 65.2 Å². The second-order valence-corrected chi connectivity index (χ2v) is 8.29. The summed E-state index contributed by atoms with van der Waals surface area (Å²) in [7, 11) is 0. The first-order valence-corrected chi connectivity index (χ1v) is 10.8. The standard InChI is InChI=1S/C22H34O7/c1-15(23)17-5-3-7-19(13-17)21(25)28-11-9-27-10-12-29-22(26)20-8-4-6-18(14-20)16(2)24/h17-20H,3-14H2,1-2H3. The zero-order valence-electron chi connectivity index (χ0n) is 17.7. The minimum Gasteiger partial charge on any atom is -0.463 e. The largest absolute Gasteiger partial charge is 0.463 e. The number of hydrogen-bond donors (Lipinski definition) is 0. The Morgan fingerprint density at radius 1 is 0.621 bits per heavy atom. The van der Waals surface area contributed by atoms with Crippen molar-refractivity contribution in [3.05, 3.63) is 0 Å². The van der Waals surface area contributed by atoms with E-state index in [9.17, 15) is 19.2 Å². The van der Waals surface area contributed by atoms with Gasteiger partial charge in [-0.1, -0.05) is 12.8 Å². The molecule has 0 heterocycles. The molecule has 0 aliphatic heterocycles. The van der Waals surface area contributed by atoms with E-state index in [-0.39, 0.29) is 73.6 Å². The average Bonchev–Trinajstić information content (AvgIpc) is 2.72. The van der Waals surface area contributed by atoms with Gasteiger partial charge in [-0.3, -0.25) is 19.2 Å². The van der Waals surface area contributed by atoms with Crippen molar-refractivity contribution >= 4 is 23.5 Å². The predicted molar refractivity (Wildman–Crippen MR) is 105 cm³/mol. The van der Waals surface area contributed by atoms with Crippen molar-refractivity contribution in [3.8, 4) is 0 Å². The molecule has 0 aromatic carbocycles. The molecule has 2 rings (SSSR count). The number of Topliss-reactive ketones (excluding diaryl/α,β-unsaturated/α-hetero) is 2. The molecule has 0 saturated heterocycles. The molecule has 4 atom stereocenters. The van der Waals surface area contributed by atoms with Crippen LogP contribution in [0.1, 0.15) is 65.2 Å². The van der Waals surface area contributed by atoms with Crippen molar-refractivity contribution in [2.24, 2.45) is 23.7 Å². The SMILES string of the molecule is CC(=O)C1CCCC(C(=O)OCCOCCOC(=O)C2CCCC(C(C)=O)C2)C1. The van der Waals surface area contributed by atoms with Gasteiger partial charge in [-0.15, -0.1) is 0 Å². The molecule has 0 N–H and O–H groups in total. The molecule has 2 aliphatic rings. The maximum Gasteiger partial charge on any atom is 0.309 e. The Kier molecular flexibility index (Phi) is 9.78. The summed E-state index contributed by atoms with van der Waals surface area (Å²) in [4.78, 5) is 47.2. The van der Waals surface area contributed by atoms with Crippen LogP contribution in [0.15, 0.2) is 0 Å². The van der Waals surface area contributed by atoms with E-state index in [1.807, 2.05) is 0 Å². The third-order valence-corrected chi connectivity index (χ3v) is 6.11. The van der Waals surface area contributed by atoms with Crippen LogP contribution in [0.4, 0.5) is 0 Å².